The number of para-hydroxylation sites is 1. The second-order valence-electron chi connectivity index (χ2n) is 5.15. The van der Waals surface area contributed by atoms with E-state index in [1.807, 2.05) is 56.3 Å². The first kappa shape index (κ1) is 16.5. The van der Waals surface area contributed by atoms with Crippen LogP contribution in [-0.2, 0) is 16.2 Å². The lowest BCUT2D eigenvalue weighted by Gasteiger charge is -2.14. The van der Waals surface area contributed by atoms with E-state index in [4.69, 9.17) is 15.3 Å². The molecule has 23 heavy (non-hydrogen) atoms. The van der Waals surface area contributed by atoms with Crippen LogP contribution in [-0.4, -0.2) is 18.7 Å². The number of nitrogens with two attached hydrogens (primary N) is 1. The summed E-state index contributed by atoms with van der Waals surface area (Å²) in [5.74, 6) is 0.155. The van der Waals surface area contributed by atoms with Gasteiger partial charge in [-0.1, -0.05) is 41.6 Å². The third kappa shape index (κ3) is 3.88. The van der Waals surface area contributed by atoms with Crippen molar-refractivity contribution in [1.82, 2.24) is 0 Å². The fourth-order valence-electron chi connectivity index (χ4n) is 2.37. The number of oxime groups is 1. The molecule has 2 aromatic rings. The summed E-state index contributed by atoms with van der Waals surface area (Å²) in [6.07, 6.45) is 0. The van der Waals surface area contributed by atoms with E-state index >= 15 is 0 Å². The second kappa shape index (κ2) is 7.45. The van der Waals surface area contributed by atoms with Crippen LogP contribution in [0.4, 0.5) is 0 Å². The topological polar surface area (TPSA) is 73.9 Å². The minimum absolute atomic E-state index is 0.0917. The highest BCUT2D eigenvalue weighted by atomic mass is 16.6. The average molecular weight is 312 g/mol. The lowest BCUT2D eigenvalue weighted by Crippen LogP contribution is -2.26. The van der Waals surface area contributed by atoms with E-state index < -0.39 is 5.91 Å². The summed E-state index contributed by atoms with van der Waals surface area (Å²) in [4.78, 5) is 16.5. The number of amides is 1. The lowest BCUT2D eigenvalue weighted by molar-refractivity contribution is -0.112. The number of hydrogen-bond donors (Lipinski definition) is 1. The minimum Gasteiger partial charge on any atom is -0.489 e. The molecule has 2 N–H and O–H groups in total. The average Bonchev–Trinajstić information content (AvgIpc) is 2.52. The first-order chi connectivity index (χ1) is 11.0. The molecule has 1 amide bonds. The number of rotatable bonds is 6. The number of primary amides is 1. The predicted molar refractivity (Wildman–Crippen MR) is 89.4 cm³/mol. The van der Waals surface area contributed by atoms with Crippen molar-refractivity contribution in [3.63, 3.8) is 0 Å². The first-order valence-electron chi connectivity index (χ1n) is 7.22. The standard InChI is InChI=1S/C18H20N2O3/c1-12-7-4-5-10-15(12)23-11-14-9-6-8-13(2)16(14)17(18(19)21)20-22-3/h4-10H,11H2,1-3H3,(H2,19,21)/b20-17+. The van der Waals surface area contributed by atoms with Crippen LogP contribution in [0.25, 0.3) is 0 Å². The van der Waals surface area contributed by atoms with E-state index in [1.54, 1.807) is 0 Å². The molecule has 0 heterocycles. The normalized spacial score (nSPS) is 11.2. The molecule has 5 heteroatoms. The number of benzene rings is 2. The maximum absolute atomic E-state index is 11.7. The Bertz CT molecular complexity index is 739. The summed E-state index contributed by atoms with van der Waals surface area (Å²) >= 11 is 0. The number of carbonyl (C=O) groups excluding carboxylic acids is 1. The van der Waals surface area contributed by atoms with Crippen LogP contribution in [0.1, 0.15) is 22.3 Å². The summed E-state index contributed by atoms with van der Waals surface area (Å²) in [7, 11) is 1.38. The Morgan fingerprint density at radius 2 is 1.78 bits per heavy atom. The van der Waals surface area contributed by atoms with Crippen LogP contribution >= 0.6 is 0 Å². The molecular weight excluding hydrogens is 292 g/mol. The molecule has 0 saturated heterocycles. The summed E-state index contributed by atoms with van der Waals surface area (Å²) in [6, 6.07) is 13.4. The van der Waals surface area contributed by atoms with Crippen LogP contribution < -0.4 is 10.5 Å². The van der Waals surface area contributed by atoms with Crippen molar-refractivity contribution in [1.29, 1.82) is 0 Å². The van der Waals surface area contributed by atoms with Crippen LogP contribution in [0.5, 0.6) is 5.75 Å². The van der Waals surface area contributed by atoms with E-state index in [9.17, 15) is 4.79 Å². The van der Waals surface area contributed by atoms with Gasteiger partial charge in [-0.05, 0) is 36.6 Å². The van der Waals surface area contributed by atoms with Crippen molar-refractivity contribution in [2.45, 2.75) is 20.5 Å². The molecule has 0 fully saturated rings. The zero-order chi connectivity index (χ0) is 16.8. The van der Waals surface area contributed by atoms with Crippen LogP contribution in [0.3, 0.4) is 0 Å². The molecule has 0 radical (unpaired) electrons. The number of aryl methyl sites for hydroxylation is 2. The van der Waals surface area contributed by atoms with Gasteiger partial charge in [0.25, 0.3) is 5.91 Å². The Hall–Kier alpha value is -2.82. The summed E-state index contributed by atoms with van der Waals surface area (Å²) < 4.78 is 5.88. The fraction of sp³-hybridized carbons (Fsp3) is 0.222. The molecule has 5 nitrogen and oxygen atoms in total. The van der Waals surface area contributed by atoms with Gasteiger partial charge in [-0.25, -0.2) is 0 Å². The highest BCUT2D eigenvalue weighted by Gasteiger charge is 2.18. The van der Waals surface area contributed by atoms with Crippen molar-refractivity contribution < 1.29 is 14.4 Å². The van der Waals surface area contributed by atoms with Crippen molar-refractivity contribution in [3.05, 3.63) is 64.7 Å². The molecule has 0 aromatic heterocycles. The van der Waals surface area contributed by atoms with Crippen molar-refractivity contribution in [2.24, 2.45) is 10.9 Å². The first-order valence-corrected chi connectivity index (χ1v) is 7.22. The van der Waals surface area contributed by atoms with Crippen molar-refractivity contribution in [3.8, 4) is 5.75 Å². The third-order valence-corrected chi connectivity index (χ3v) is 3.49. The number of carbonyl (C=O) groups is 1. The largest absolute Gasteiger partial charge is 0.489 e. The molecule has 0 aliphatic rings. The molecule has 0 spiro atoms. The smallest absolute Gasteiger partial charge is 0.271 e. The van der Waals surface area contributed by atoms with E-state index in [-0.39, 0.29) is 5.71 Å². The maximum Gasteiger partial charge on any atom is 0.271 e. The van der Waals surface area contributed by atoms with Gasteiger partial charge in [0.15, 0.2) is 5.71 Å². The zero-order valence-corrected chi connectivity index (χ0v) is 13.5. The van der Waals surface area contributed by atoms with Crippen LogP contribution in [0.15, 0.2) is 47.6 Å². The van der Waals surface area contributed by atoms with Gasteiger partial charge in [-0.2, -0.15) is 0 Å². The van der Waals surface area contributed by atoms with E-state index in [0.717, 1.165) is 22.4 Å². The zero-order valence-electron chi connectivity index (χ0n) is 13.5. The van der Waals surface area contributed by atoms with Gasteiger partial charge in [0.2, 0.25) is 0 Å². The van der Waals surface area contributed by atoms with Gasteiger partial charge in [0, 0.05) is 5.56 Å². The predicted octanol–water partition coefficient (Wildman–Crippen LogP) is 2.72. The number of ether oxygens (including phenoxy) is 1. The van der Waals surface area contributed by atoms with Crippen molar-refractivity contribution >= 4 is 11.6 Å². The van der Waals surface area contributed by atoms with Gasteiger partial charge in [-0.3, -0.25) is 4.79 Å². The lowest BCUT2D eigenvalue weighted by atomic mass is 9.97. The maximum atomic E-state index is 11.7. The molecule has 0 saturated carbocycles. The van der Waals surface area contributed by atoms with Gasteiger partial charge < -0.3 is 15.3 Å². The van der Waals surface area contributed by atoms with E-state index in [2.05, 4.69) is 5.16 Å². The van der Waals surface area contributed by atoms with E-state index in [0.29, 0.717) is 12.2 Å². The van der Waals surface area contributed by atoms with Gasteiger partial charge in [-0.15, -0.1) is 0 Å². The Kier molecular flexibility index (Phi) is 5.36. The molecule has 0 unspecified atom stereocenters. The van der Waals surface area contributed by atoms with Crippen LogP contribution in [0, 0.1) is 13.8 Å². The second-order valence-corrected chi connectivity index (χ2v) is 5.15. The highest BCUT2D eigenvalue weighted by molar-refractivity contribution is 6.45. The number of nitrogens with zero attached hydrogens (tertiary/aromatic N) is 1. The minimum atomic E-state index is -0.640. The Balaban J connectivity index is 2.36. The van der Waals surface area contributed by atoms with Gasteiger partial charge in [0.05, 0.1) is 0 Å². The van der Waals surface area contributed by atoms with E-state index in [1.165, 1.54) is 7.11 Å². The molecule has 0 atom stereocenters. The number of hydrogen-bond acceptors (Lipinski definition) is 4. The molecule has 120 valence electrons. The molecular formula is C18H20N2O3. The molecule has 0 aliphatic heterocycles. The third-order valence-electron chi connectivity index (χ3n) is 3.49. The fourth-order valence-corrected chi connectivity index (χ4v) is 2.37. The van der Waals surface area contributed by atoms with Gasteiger partial charge in [0.1, 0.15) is 19.5 Å². The summed E-state index contributed by atoms with van der Waals surface area (Å²) in [5.41, 5.74) is 8.92. The Morgan fingerprint density at radius 3 is 2.43 bits per heavy atom. The highest BCUT2D eigenvalue weighted by Crippen LogP contribution is 2.21. The summed E-state index contributed by atoms with van der Waals surface area (Å²) in [6.45, 7) is 4.17. The molecule has 2 aromatic carbocycles. The quantitative estimate of drug-likeness (QED) is 0.658. The van der Waals surface area contributed by atoms with Crippen LogP contribution in [0.2, 0.25) is 0 Å². The SMILES string of the molecule is CO/N=C(/C(N)=O)c1c(C)cccc1COc1ccccc1C. The molecule has 0 aliphatic carbocycles. The summed E-state index contributed by atoms with van der Waals surface area (Å²) in [5, 5.41) is 3.77. The van der Waals surface area contributed by atoms with Crippen molar-refractivity contribution in [2.75, 3.05) is 7.11 Å². The molecule has 0 bridgehead atoms. The molecule has 2 rings (SSSR count). The Morgan fingerprint density at radius 1 is 1.09 bits per heavy atom. The Labute approximate surface area is 135 Å². The van der Waals surface area contributed by atoms with Gasteiger partial charge >= 0.3 is 0 Å². The monoisotopic (exact) mass is 312 g/mol.